The van der Waals surface area contributed by atoms with Crippen LogP contribution < -0.4 is 30.8 Å². The molecule has 3 aromatic rings. The number of anilines is 1. The Balaban J connectivity index is 1.23. The number of carbonyl (C=O) groups excluding carboxylic acids is 5. The molecule has 368 valence electrons. The van der Waals surface area contributed by atoms with E-state index in [1.807, 2.05) is 38.1 Å². The van der Waals surface area contributed by atoms with E-state index in [0.29, 0.717) is 56.4 Å². The number of benzene rings is 4. The summed E-state index contributed by atoms with van der Waals surface area (Å²) in [4.78, 5) is 75.4. The second-order valence-corrected chi connectivity index (χ2v) is 17.8. The first-order valence-corrected chi connectivity index (χ1v) is 25.1. The average molecular weight is 943 g/mol. The Bertz CT molecular complexity index is 2600. The molecular formula is C55H72N7O7+. The summed E-state index contributed by atoms with van der Waals surface area (Å²) < 4.78 is 8.97. The van der Waals surface area contributed by atoms with Gasteiger partial charge in [0.05, 0.1) is 19.2 Å². The van der Waals surface area contributed by atoms with Gasteiger partial charge < -0.3 is 40.2 Å². The fourth-order valence-electron chi connectivity index (χ4n) is 9.16. The van der Waals surface area contributed by atoms with Gasteiger partial charge in [-0.3, -0.25) is 24.0 Å². The van der Waals surface area contributed by atoms with Crippen LogP contribution in [-0.4, -0.2) is 115 Å². The number of hydrogen-bond donors (Lipinski definition) is 4. The normalized spacial score (nSPS) is 16.0. The number of rotatable bonds is 20. The number of hydrogen-bond acceptors (Lipinski definition) is 8. The highest BCUT2D eigenvalue weighted by Gasteiger charge is 2.33. The molecule has 4 N–H and O–H groups in total. The molecule has 1 aliphatic carbocycles. The number of nitrogens with zero attached hydrogens (tertiary/aromatic N) is 4. The number of nitrogens with one attached hydrogen (secondary N) is 3. The maximum atomic E-state index is 14.3. The monoisotopic (exact) mass is 943 g/mol. The molecule has 6 rings (SSSR count). The highest BCUT2D eigenvalue weighted by atomic mass is 16.3. The van der Waals surface area contributed by atoms with Crippen molar-refractivity contribution < 1.29 is 33.5 Å². The summed E-state index contributed by atoms with van der Waals surface area (Å²) in [5, 5.41) is 20.8. The molecule has 14 nitrogen and oxygen atoms in total. The summed E-state index contributed by atoms with van der Waals surface area (Å²) in [5.74, 6) is -1.14. The van der Waals surface area contributed by atoms with Crippen LogP contribution in [0.3, 0.4) is 0 Å². The van der Waals surface area contributed by atoms with Gasteiger partial charge in [-0.2, -0.15) is 0 Å². The van der Waals surface area contributed by atoms with E-state index >= 15 is 0 Å². The van der Waals surface area contributed by atoms with Gasteiger partial charge in [0.2, 0.25) is 29.0 Å². The molecular weight excluding hydrogens is 871 g/mol. The van der Waals surface area contributed by atoms with Gasteiger partial charge in [-0.1, -0.05) is 57.0 Å². The molecule has 0 radical (unpaired) electrons. The topological polar surface area (TPSA) is 168 Å². The number of phenols is 1. The Morgan fingerprint density at radius 3 is 2.17 bits per heavy atom. The lowest BCUT2D eigenvalue weighted by Crippen LogP contribution is -2.58. The molecule has 0 spiro atoms. The van der Waals surface area contributed by atoms with Gasteiger partial charge in [0.25, 0.3) is 5.91 Å². The Hall–Kier alpha value is -6.70. The van der Waals surface area contributed by atoms with Crippen LogP contribution in [0.5, 0.6) is 5.75 Å². The minimum Gasteiger partial charge on any atom is -0.508 e. The first kappa shape index (κ1) is 51.7. The first-order chi connectivity index (χ1) is 33.4. The van der Waals surface area contributed by atoms with Crippen molar-refractivity contribution in [2.45, 2.75) is 105 Å². The predicted octanol–water partition coefficient (Wildman–Crippen LogP) is 6.95. The number of aromatic hydroxyl groups is 1. The van der Waals surface area contributed by atoms with Gasteiger partial charge in [-0.25, -0.2) is 4.58 Å². The van der Waals surface area contributed by atoms with Crippen LogP contribution in [0.4, 0.5) is 5.69 Å². The van der Waals surface area contributed by atoms with Crippen molar-refractivity contribution in [2.24, 2.45) is 0 Å². The number of phenolic OH excluding ortho intramolecular Hbond substituents is 1. The zero-order valence-corrected chi connectivity index (χ0v) is 41.4. The number of amides is 5. The Morgan fingerprint density at radius 2 is 1.48 bits per heavy atom. The Labute approximate surface area is 407 Å². The molecule has 0 bridgehead atoms. The third-order valence-electron chi connectivity index (χ3n) is 13.1. The molecule has 14 heteroatoms. The fourth-order valence-corrected chi connectivity index (χ4v) is 9.16. The summed E-state index contributed by atoms with van der Waals surface area (Å²) >= 11 is 0. The van der Waals surface area contributed by atoms with E-state index in [2.05, 4.69) is 89.5 Å². The lowest BCUT2D eigenvalue weighted by Gasteiger charge is -2.32. The Morgan fingerprint density at radius 1 is 0.768 bits per heavy atom. The van der Waals surface area contributed by atoms with Crippen LogP contribution in [0.25, 0.3) is 33.4 Å². The molecule has 2 aliphatic heterocycles. The van der Waals surface area contributed by atoms with Crippen molar-refractivity contribution >= 4 is 46.2 Å². The lowest BCUT2D eigenvalue weighted by atomic mass is 9.90. The largest absolute Gasteiger partial charge is 0.508 e. The van der Waals surface area contributed by atoms with Crippen molar-refractivity contribution in [1.29, 1.82) is 0 Å². The summed E-state index contributed by atoms with van der Waals surface area (Å²) in [5.41, 5.74) is 5.57. The van der Waals surface area contributed by atoms with Crippen molar-refractivity contribution in [3.8, 4) is 28.2 Å². The van der Waals surface area contributed by atoms with E-state index in [9.17, 15) is 29.1 Å². The van der Waals surface area contributed by atoms with Crippen LogP contribution in [0.15, 0.2) is 89.3 Å². The molecule has 1 fully saturated rings. The van der Waals surface area contributed by atoms with Gasteiger partial charge in [-0.05, 0) is 107 Å². The lowest BCUT2D eigenvalue weighted by molar-refractivity contribution is -0.145. The molecule has 0 unspecified atom stereocenters. The van der Waals surface area contributed by atoms with Gasteiger partial charge in [0.1, 0.15) is 42.3 Å². The maximum Gasteiger partial charge on any atom is 0.251 e. The average Bonchev–Trinajstić information content (AvgIpc) is 3.35. The number of fused-ring (bicyclic) bond motifs is 2. The van der Waals surface area contributed by atoms with E-state index in [1.165, 1.54) is 21.9 Å². The van der Waals surface area contributed by atoms with E-state index in [1.54, 1.807) is 12.1 Å². The zero-order chi connectivity index (χ0) is 49.5. The van der Waals surface area contributed by atoms with Gasteiger partial charge in [0.15, 0.2) is 0 Å². The standard InChI is InChI=1S/C55H71N7O7/c1-7-13-31-61-36-50(64)57-46(54(67)58-47(33-38-22-26-41(63)27-23-38)55(68)62(32-14-8-2)37-51(61)65)21-17-18-30-56-53(66)43-20-16-15-19-42(43)52-44-28-24-39(59(9-3)10-4)34-48(44)69-49-35-40(25-29-45(49)52)60(11-5)12-6/h15-16,19-20,22-29,34-35,46-47H,7-14,17-18,21,30-33,36-37H2,1-6H3,(H3-,56,57,58,63,64,66,67)/p+1/t46-,47-/m0/s1. The van der Waals surface area contributed by atoms with E-state index < -0.39 is 23.9 Å². The predicted molar refractivity (Wildman–Crippen MR) is 273 cm³/mol. The first-order valence-electron chi connectivity index (χ1n) is 25.1. The smallest absolute Gasteiger partial charge is 0.251 e. The number of carbonyl (C=O) groups is 5. The van der Waals surface area contributed by atoms with Crippen molar-refractivity contribution in [1.82, 2.24) is 30.3 Å². The fraction of sp³-hybridized carbons (Fsp3) is 0.455. The molecule has 3 aromatic carbocycles. The van der Waals surface area contributed by atoms with E-state index in [0.717, 1.165) is 83.5 Å². The van der Waals surface area contributed by atoms with Gasteiger partial charge in [-0.15, -0.1) is 0 Å². The molecule has 1 saturated heterocycles. The second-order valence-electron chi connectivity index (χ2n) is 17.8. The molecule has 3 aliphatic rings. The minimum atomic E-state index is -1.03. The van der Waals surface area contributed by atoms with Crippen molar-refractivity contribution in [3.63, 3.8) is 0 Å². The van der Waals surface area contributed by atoms with Crippen LogP contribution >= 0.6 is 0 Å². The van der Waals surface area contributed by atoms with Crippen molar-refractivity contribution in [3.05, 3.63) is 101 Å². The van der Waals surface area contributed by atoms with Crippen LogP contribution in [0, 0.1) is 0 Å². The molecule has 5 amide bonds. The quantitative estimate of drug-likeness (QED) is 0.0370. The minimum absolute atomic E-state index is 0.0714. The molecule has 69 heavy (non-hydrogen) atoms. The highest BCUT2D eigenvalue weighted by molar-refractivity contribution is 6.09. The highest BCUT2D eigenvalue weighted by Crippen LogP contribution is 2.42. The van der Waals surface area contributed by atoms with Crippen LogP contribution in [0.2, 0.25) is 0 Å². The van der Waals surface area contributed by atoms with Gasteiger partial charge >= 0.3 is 0 Å². The van der Waals surface area contributed by atoms with Gasteiger partial charge in [0, 0.05) is 79.0 Å². The summed E-state index contributed by atoms with van der Waals surface area (Å²) in [6, 6.07) is 24.5. The summed E-state index contributed by atoms with van der Waals surface area (Å²) in [6.45, 7) is 16.4. The Kier molecular flexibility index (Phi) is 18.8. The molecule has 0 aromatic heterocycles. The second kappa shape index (κ2) is 25.1. The third-order valence-corrected chi connectivity index (χ3v) is 13.1. The van der Waals surface area contributed by atoms with E-state index in [-0.39, 0.29) is 49.4 Å². The van der Waals surface area contributed by atoms with Crippen LogP contribution in [-0.2, 0) is 25.6 Å². The maximum absolute atomic E-state index is 14.3. The molecule has 2 heterocycles. The third kappa shape index (κ3) is 13.1. The van der Waals surface area contributed by atoms with Crippen LogP contribution in [0.1, 0.15) is 102 Å². The van der Waals surface area contributed by atoms with E-state index in [4.69, 9.17) is 4.42 Å². The number of unbranched alkanes of at least 4 members (excludes halogenated alkanes) is 3. The molecule has 2 atom stereocenters. The summed E-state index contributed by atoms with van der Waals surface area (Å²) in [7, 11) is 0. The molecule has 0 saturated carbocycles. The van der Waals surface area contributed by atoms with Crippen molar-refractivity contribution in [2.75, 3.05) is 63.8 Å². The zero-order valence-electron chi connectivity index (χ0n) is 41.4. The SMILES string of the molecule is CCCCN1CC(=O)N[C@@H](CCCCNC(=O)c2ccccc2-c2c3ccc(=[N+](CC)CC)cc-3oc3cc(N(CC)CC)ccc23)C(=O)N[C@@H](Cc2ccc(O)cc2)C(=O)N(CCCC)CC1=O. The summed E-state index contributed by atoms with van der Waals surface area (Å²) in [6.07, 6.45) is 4.22.